The van der Waals surface area contributed by atoms with Crippen molar-refractivity contribution in [1.82, 2.24) is 20.2 Å². The number of ether oxygens (including phenoxy) is 3. The van der Waals surface area contributed by atoms with E-state index >= 15 is 0 Å². The van der Waals surface area contributed by atoms with Crippen LogP contribution < -0.4 is 19.5 Å². The molecule has 0 radical (unpaired) electrons. The molecule has 1 saturated carbocycles. The molecule has 1 saturated heterocycles. The van der Waals surface area contributed by atoms with Gasteiger partial charge in [-0.3, -0.25) is 9.88 Å². The van der Waals surface area contributed by atoms with E-state index in [0.717, 1.165) is 42.2 Å². The molecule has 0 spiro atoms. The van der Waals surface area contributed by atoms with Crippen LogP contribution in [-0.4, -0.2) is 66.0 Å². The molecule has 1 aromatic carbocycles. The van der Waals surface area contributed by atoms with Crippen LogP contribution in [0.2, 0.25) is 0 Å². The van der Waals surface area contributed by atoms with Crippen LogP contribution in [0.5, 0.6) is 17.4 Å². The van der Waals surface area contributed by atoms with Crippen molar-refractivity contribution in [1.29, 1.82) is 0 Å². The number of methoxy groups -OCH3 is 1. The Balaban J connectivity index is 1.04. The summed E-state index contributed by atoms with van der Waals surface area (Å²) in [6.07, 6.45) is 1.12. The zero-order valence-electron chi connectivity index (χ0n) is 18.6. The van der Waals surface area contributed by atoms with Gasteiger partial charge in [0.1, 0.15) is 13.2 Å². The van der Waals surface area contributed by atoms with Crippen molar-refractivity contribution < 1.29 is 19.3 Å². The summed E-state index contributed by atoms with van der Waals surface area (Å²) >= 11 is 0. The van der Waals surface area contributed by atoms with Crippen LogP contribution in [-0.2, 0) is 6.54 Å². The minimum atomic E-state index is -0.614. The van der Waals surface area contributed by atoms with Crippen molar-refractivity contribution in [2.45, 2.75) is 18.7 Å². The van der Waals surface area contributed by atoms with E-state index in [-0.39, 0.29) is 0 Å². The lowest BCUT2D eigenvalue weighted by atomic mass is 10.1. The van der Waals surface area contributed by atoms with E-state index in [0.29, 0.717) is 49.0 Å². The molecular weight excluding hydrogens is 420 g/mol. The fourth-order valence-corrected chi connectivity index (χ4v) is 5.25. The summed E-state index contributed by atoms with van der Waals surface area (Å²) in [6.45, 7) is 4.65. The molecule has 4 heterocycles. The molecule has 2 aromatic heterocycles. The van der Waals surface area contributed by atoms with Gasteiger partial charge in [0.25, 0.3) is 0 Å². The Morgan fingerprint density at radius 1 is 1.12 bits per heavy atom. The van der Waals surface area contributed by atoms with E-state index in [1.54, 1.807) is 19.4 Å². The van der Waals surface area contributed by atoms with Crippen LogP contribution in [0.4, 0.5) is 0 Å². The summed E-state index contributed by atoms with van der Waals surface area (Å²) in [4.78, 5) is 11.2. The summed E-state index contributed by atoms with van der Waals surface area (Å²) in [6, 6.07) is 12.2. The molecule has 1 aliphatic carbocycles. The molecule has 1 unspecified atom stereocenters. The number of fused-ring (bicyclic) bond motifs is 3. The molecule has 6 rings (SSSR count). The van der Waals surface area contributed by atoms with Gasteiger partial charge in [-0.1, -0.05) is 6.07 Å². The molecular formula is C25H28N4O4. The number of aliphatic hydroxyl groups excluding tert-OH is 1. The van der Waals surface area contributed by atoms with Gasteiger partial charge in [0.15, 0.2) is 11.5 Å². The molecule has 3 aromatic rings. The number of piperidine rings is 1. The van der Waals surface area contributed by atoms with Crippen molar-refractivity contribution in [3.8, 4) is 17.4 Å². The van der Waals surface area contributed by atoms with Gasteiger partial charge in [-0.15, -0.1) is 0 Å². The third-order valence-electron chi connectivity index (χ3n) is 7.01. The number of hydrogen-bond donors (Lipinski definition) is 2. The van der Waals surface area contributed by atoms with Crippen LogP contribution in [0, 0.1) is 11.8 Å². The summed E-state index contributed by atoms with van der Waals surface area (Å²) in [5.74, 6) is 3.48. The lowest BCUT2D eigenvalue weighted by Gasteiger charge is -2.23. The van der Waals surface area contributed by atoms with Crippen LogP contribution in [0.15, 0.2) is 42.6 Å². The Kier molecular flexibility index (Phi) is 5.28. The summed E-state index contributed by atoms with van der Waals surface area (Å²) < 4.78 is 16.5. The highest BCUT2D eigenvalue weighted by Gasteiger charge is 2.55. The summed E-state index contributed by atoms with van der Waals surface area (Å²) in [5, 5.41) is 14.7. The fourth-order valence-electron chi connectivity index (χ4n) is 5.25. The van der Waals surface area contributed by atoms with Gasteiger partial charge >= 0.3 is 0 Å². The van der Waals surface area contributed by atoms with Crippen molar-refractivity contribution in [3.63, 3.8) is 0 Å². The second-order valence-corrected chi connectivity index (χ2v) is 9.07. The Morgan fingerprint density at radius 3 is 2.76 bits per heavy atom. The average molecular weight is 449 g/mol. The molecule has 0 amide bonds. The highest BCUT2D eigenvalue weighted by molar-refractivity contribution is 5.78. The predicted molar refractivity (Wildman–Crippen MR) is 123 cm³/mol. The second kappa shape index (κ2) is 8.44. The standard InChI is InChI=1S/C25H28N4O4/c1-31-23-5-3-19-25(28-23)16(6-7-26-19)20(30)14-29-12-17-18(13-29)24(17)27-11-15-2-4-21-22(10-15)33-9-8-32-21/h2-7,10,17-18,20,24,27,30H,8-9,11-14H2,1H3/t17-,18+,20?,24+. The minimum absolute atomic E-state index is 0.526. The van der Waals surface area contributed by atoms with E-state index in [2.05, 4.69) is 32.3 Å². The summed E-state index contributed by atoms with van der Waals surface area (Å²) in [5.41, 5.74) is 3.48. The Bertz CT molecular complexity index is 1160. The Hall–Kier alpha value is -2.94. The normalized spacial score (nSPS) is 24.5. The van der Waals surface area contributed by atoms with E-state index in [1.807, 2.05) is 18.2 Å². The first kappa shape index (κ1) is 20.7. The van der Waals surface area contributed by atoms with E-state index in [4.69, 9.17) is 14.2 Å². The van der Waals surface area contributed by atoms with Crippen LogP contribution in [0.3, 0.4) is 0 Å². The molecule has 8 heteroatoms. The number of pyridine rings is 2. The second-order valence-electron chi connectivity index (χ2n) is 9.07. The molecule has 2 fully saturated rings. The largest absolute Gasteiger partial charge is 0.486 e. The zero-order valence-corrected chi connectivity index (χ0v) is 18.6. The molecule has 172 valence electrons. The van der Waals surface area contributed by atoms with Crippen LogP contribution in [0.1, 0.15) is 17.2 Å². The first-order chi connectivity index (χ1) is 16.2. The number of rotatable bonds is 7. The number of benzene rings is 1. The predicted octanol–water partition coefficient (Wildman–Crippen LogP) is 2.16. The highest BCUT2D eigenvalue weighted by atomic mass is 16.6. The Labute approximate surface area is 192 Å². The third kappa shape index (κ3) is 3.99. The van der Waals surface area contributed by atoms with Crippen molar-refractivity contribution in [2.75, 3.05) is 40.0 Å². The van der Waals surface area contributed by atoms with Crippen LogP contribution >= 0.6 is 0 Å². The molecule has 0 bridgehead atoms. The van der Waals surface area contributed by atoms with Crippen molar-refractivity contribution in [2.24, 2.45) is 11.8 Å². The monoisotopic (exact) mass is 448 g/mol. The van der Waals surface area contributed by atoms with Gasteiger partial charge in [0.05, 0.1) is 24.2 Å². The number of β-amino-alcohol motifs (C(OH)–C–C–N with tert-alkyl or cyclic N) is 1. The minimum Gasteiger partial charge on any atom is -0.486 e. The number of nitrogens with one attached hydrogen (secondary N) is 1. The highest BCUT2D eigenvalue weighted by Crippen LogP contribution is 2.46. The SMILES string of the molecule is COc1ccc2nccc(C(O)CN3C[C@@H]4[C@H](C3)[C@H]4NCc3ccc4c(c3)OCCO4)c2n1. The smallest absolute Gasteiger partial charge is 0.213 e. The maximum Gasteiger partial charge on any atom is 0.213 e. The maximum atomic E-state index is 11.0. The first-order valence-corrected chi connectivity index (χ1v) is 11.5. The third-order valence-corrected chi connectivity index (χ3v) is 7.01. The first-order valence-electron chi connectivity index (χ1n) is 11.5. The maximum absolute atomic E-state index is 11.0. The average Bonchev–Trinajstić information content (AvgIpc) is 3.31. The van der Waals surface area contributed by atoms with Gasteiger partial charge in [0, 0.05) is 50.0 Å². The molecule has 33 heavy (non-hydrogen) atoms. The van der Waals surface area contributed by atoms with E-state index in [9.17, 15) is 5.11 Å². The van der Waals surface area contributed by atoms with Crippen molar-refractivity contribution in [3.05, 3.63) is 53.7 Å². The molecule has 4 atom stereocenters. The molecule has 8 nitrogen and oxygen atoms in total. The number of hydrogen-bond acceptors (Lipinski definition) is 8. The quantitative estimate of drug-likeness (QED) is 0.569. The lowest BCUT2D eigenvalue weighted by Crippen LogP contribution is -2.33. The van der Waals surface area contributed by atoms with Gasteiger partial charge in [-0.2, -0.15) is 0 Å². The van der Waals surface area contributed by atoms with Gasteiger partial charge in [0.2, 0.25) is 5.88 Å². The van der Waals surface area contributed by atoms with Gasteiger partial charge in [-0.25, -0.2) is 4.98 Å². The van der Waals surface area contributed by atoms with E-state index in [1.165, 1.54) is 5.56 Å². The van der Waals surface area contributed by atoms with E-state index < -0.39 is 6.10 Å². The Morgan fingerprint density at radius 2 is 1.94 bits per heavy atom. The van der Waals surface area contributed by atoms with Crippen molar-refractivity contribution >= 4 is 11.0 Å². The fraction of sp³-hybridized carbons (Fsp3) is 0.440. The number of nitrogens with zero attached hydrogens (tertiary/aromatic N) is 3. The zero-order chi connectivity index (χ0) is 22.4. The number of aliphatic hydroxyl groups is 1. The van der Waals surface area contributed by atoms with Gasteiger partial charge < -0.3 is 24.6 Å². The van der Waals surface area contributed by atoms with Gasteiger partial charge in [-0.05, 0) is 41.7 Å². The topological polar surface area (TPSA) is 89.0 Å². The molecule has 2 N–H and O–H groups in total. The van der Waals surface area contributed by atoms with Crippen LogP contribution in [0.25, 0.3) is 11.0 Å². The number of likely N-dealkylation sites (tertiary alicyclic amines) is 1. The number of aromatic nitrogens is 2. The lowest BCUT2D eigenvalue weighted by molar-refractivity contribution is 0.119. The summed E-state index contributed by atoms with van der Waals surface area (Å²) in [7, 11) is 1.59. The molecule has 2 aliphatic heterocycles. The molecule has 3 aliphatic rings.